The van der Waals surface area contributed by atoms with Crippen LogP contribution in [0.15, 0.2) is 41.4 Å². The SMILES string of the molecule is Cn1cc(S(=O)(=O)N2CCN(C(=O)c3cccc(NC(=O)C(C)(C)C)c3)CC2)cc1C(N)=O. The van der Waals surface area contributed by atoms with E-state index < -0.39 is 21.3 Å². The lowest BCUT2D eigenvalue weighted by atomic mass is 9.95. The van der Waals surface area contributed by atoms with Crippen molar-refractivity contribution < 1.29 is 22.8 Å². The number of carbonyl (C=O) groups is 3. The van der Waals surface area contributed by atoms with Gasteiger partial charge in [-0.15, -0.1) is 0 Å². The molecule has 0 unspecified atom stereocenters. The lowest BCUT2D eigenvalue weighted by Gasteiger charge is -2.34. The fraction of sp³-hybridized carbons (Fsp3) is 0.409. The van der Waals surface area contributed by atoms with Crippen molar-refractivity contribution in [3.8, 4) is 0 Å². The number of hydrogen-bond donors (Lipinski definition) is 2. The van der Waals surface area contributed by atoms with Crippen LogP contribution in [0.4, 0.5) is 5.69 Å². The smallest absolute Gasteiger partial charge is 0.265 e. The molecule has 3 amide bonds. The molecule has 33 heavy (non-hydrogen) atoms. The summed E-state index contributed by atoms with van der Waals surface area (Å²) in [6.45, 7) is 6.07. The number of piperazine rings is 1. The number of nitrogens with zero attached hydrogens (tertiary/aromatic N) is 3. The normalized spacial score (nSPS) is 15.3. The maximum atomic E-state index is 13.0. The molecule has 2 aromatic rings. The molecule has 3 N–H and O–H groups in total. The number of nitrogens with two attached hydrogens (primary N) is 1. The van der Waals surface area contributed by atoms with E-state index in [1.54, 1.807) is 57.0 Å². The number of aryl methyl sites for hydroxylation is 1. The molecule has 1 aromatic carbocycles. The Labute approximate surface area is 193 Å². The van der Waals surface area contributed by atoms with Crippen LogP contribution in [0.5, 0.6) is 0 Å². The number of amides is 3. The quantitative estimate of drug-likeness (QED) is 0.671. The zero-order chi connectivity index (χ0) is 24.6. The van der Waals surface area contributed by atoms with Crippen molar-refractivity contribution in [2.24, 2.45) is 18.2 Å². The Morgan fingerprint density at radius 1 is 1.03 bits per heavy atom. The molecule has 2 heterocycles. The van der Waals surface area contributed by atoms with Gasteiger partial charge < -0.3 is 20.5 Å². The molecule has 0 saturated carbocycles. The second-order valence-corrected chi connectivity index (χ2v) is 11.0. The predicted octanol–water partition coefficient (Wildman–Crippen LogP) is 1.26. The van der Waals surface area contributed by atoms with Gasteiger partial charge in [0, 0.05) is 56.1 Å². The van der Waals surface area contributed by atoms with Crippen molar-refractivity contribution in [3.63, 3.8) is 0 Å². The van der Waals surface area contributed by atoms with E-state index in [9.17, 15) is 22.8 Å². The summed E-state index contributed by atoms with van der Waals surface area (Å²) in [4.78, 5) is 38.2. The van der Waals surface area contributed by atoms with Crippen LogP contribution in [-0.2, 0) is 21.9 Å². The van der Waals surface area contributed by atoms with Crippen molar-refractivity contribution in [1.82, 2.24) is 13.8 Å². The van der Waals surface area contributed by atoms with Crippen LogP contribution in [-0.4, -0.2) is 66.1 Å². The van der Waals surface area contributed by atoms with Crippen LogP contribution >= 0.6 is 0 Å². The molecular weight excluding hydrogens is 446 g/mol. The molecule has 178 valence electrons. The first kappa shape index (κ1) is 24.5. The summed E-state index contributed by atoms with van der Waals surface area (Å²) in [5.41, 5.74) is 5.74. The fourth-order valence-electron chi connectivity index (χ4n) is 3.43. The summed E-state index contributed by atoms with van der Waals surface area (Å²) >= 11 is 0. The molecule has 1 saturated heterocycles. The van der Waals surface area contributed by atoms with Crippen LogP contribution in [0, 0.1) is 5.41 Å². The Morgan fingerprint density at radius 2 is 1.67 bits per heavy atom. The van der Waals surface area contributed by atoms with Gasteiger partial charge in [-0.3, -0.25) is 14.4 Å². The first-order valence-corrected chi connectivity index (χ1v) is 11.9. The van der Waals surface area contributed by atoms with E-state index in [2.05, 4.69) is 5.32 Å². The number of anilines is 1. The number of sulfonamides is 1. The van der Waals surface area contributed by atoms with Gasteiger partial charge in [0.15, 0.2) is 0 Å². The number of benzene rings is 1. The molecule has 1 aliphatic rings. The highest BCUT2D eigenvalue weighted by atomic mass is 32.2. The average molecular weight is 476 g/mol. The monoisotopic (exact) mass is 475 g/mol. The van der Waals surface area contributed by atoms with E-state index in [0.29, 0.717) is 11.3 Å². The molecule has 0 spiro atoms. The summed E-state index contributed by atoms with van der Waals surface area (Å²) in [6.07, 6.45) is 1.35. The number of aromatic nitrogens is 1. The third-order valence-electron chi connectivity index (χ3n) is 5.44. The van der Waals surface area contributed by atoms with Gasteiger partial charge in [0.25, 0.3) is 11.8 Å². The summed E-state index contributed by atoms with van der Waals surface area (Å²) < 4.78 is 28.6. The Kier molecular flexibility index (Phi) is 6.66. The van der Waals surface area contributed by atoms with Gasteiger partial charge in [0.05, 0.1) is 0 Å². The van der Waals surface area contributed by atoms with Crippen molar-refractivity contribution in [1.29, 1.82) is 0 Å². The van der Waals surface area contributed by atoms with Crippen molar-refractivity contribution in [2.75, 3.05) is 31.5 Å². The van der Waals surface area contributed by atoms with E-state index in [1.807, 2.05) is 0 Å². The van der Waals surface area contributed by atoms with E-state index in [1.165, 1.54) is 21.1 Å². The molecule has 0 radical (unpaired) electrons. The lowest BCUT2D eigenvalue weighted by molar-refractivity contribution is -0.123. The van der Waals surface area contributed by atoms with E-state index in [-0.39, 0.29) is 48.6 Å². The Morgan fingerprint density at radius 3 is 2.21 bits per heavy atom. The van der Waals surface area contributed by atoms with E-state index >= 15 is 0 Å². The molecular formula is C22H29N5O5S. The van der Waals surface area contributed by atoms with Gasteiger partial charge in [0.1, 0.15) is 10.6 Å². The van der Waals surface area contributed by atoms with E-state index in [0.717, 1.165) is 0 Å². The molecule has 3 rings (SSSR count). The second-order valence-electron chi connectivity index (χ2n) is 9.02. The zero-order valence-electron chi connectivity index (χ0n) is 19.2. The topological polar surface area (TPSA) is 135 Å². The number of hydrogen-bond acceptors (Lipinski definition) is 5. The van der Waals surface area contributed by atoms with Crippen LogP contribution in [0.3, 0.4) is 0 Å². The molecule has 1 aliphatic heterocycles. The van der Waals surface area contributed by atoms with Gasteiger partial charge in [-0.2, -0.15) is 4.31 Å². The molecule has 0 atom stereocenters. The number of nitrogens with one attached hydrogen (secondary N) is 1. The van der Waals surface area contributed by atoms with Crippen molar-refractivity contribution >= 4 is 33.4 Å². The minimum Gasteiger partial charge on any atom is -0.364 e. The molecule has 0 bridgehead atoms. The second kappa shape index (κ2) is 8.99. The fourth-order valence-corrected chi connectivity index (χ4v) is 4.93. The molecule has 1 fully saturated rings. The van der Waals surface area contributed by atoms with E-state index in [4.69, 9.17) is 5.73 Å². The van der Waals surface area contributed by atoms with Gasteiger partial charge in [-0.25, -0.2) is 8.42 Å². The predicted molar refractivity (Wildman–Crippen MR) is 123 cm³/mol. The molecule has 1 aromatic heterocycles. The molecule has 10 nitrogen and oxygen atoms in total. The molecule has 11 heteroatoms. The summed E-state index contributed by atoms with van der Waals surface area (Å²) in [5, 5.41) is 2.81. The van der Waals surface area contributed by atoms with Crippen molar-refractivity contribution in [3.05, 3.63) is 47.8 Å². The van der Waals surface area contributed by atoms with Crippen LogP contribution < -0.4 is 11.1 Å². The summed E-state index contributed by atoms with van der Waals surface area (Å²) in [6, 6.07) is 7.94. The minimum absolute atomic E-state index is 0.0131. The first-order valence-electron chi connectivity index (χ1n) is 10.5. The van der Waals surface area contributed by atoms with Crippen LogP contribution in [0.1, 0.15) is 41.6 Å². The average Bonchev–Trinajstić information content (AvgIpc) is 3.15. The van der Waals surface area contributed by atoms with Gasteiger partial charge in [0.2, 0.25) is 15.9 Å². The zero-order valence-corrected chi connectivity index (χ0v) is 20.0. The third kappa shape index (κ3) is 5.25. The number of rotatable bonds is 5. The minimum atomic E-state index is -3.83. The Hall–Kier alpha value is -3.18. The Balaban J connectivity index is 1.68. The van der Waals surface area contributed by atoms with Gasteiger partial charge >= 0.3 is 0 Å². The third-order valence-corrected chi connectivity index (χ3v) is 7.31. The van der Waals surface area contributed by atoms with Crippen LogP contribution in [0.25, 0.3) is 0 Å². The maximum absolute atomic E-state index is 13.0. The highest BCUT2D eigenvalue weighted by Gasteiger charge is 2.32. The molecule has 0 aliphatic carbocycles. The number of primary amides is 1. The highest BCUT2D eigenvalue weighted by Crippen LogP contribution is 2.22. The van der Waals surface area contributed by atoms with Crippen molar-refractivity contribution in [2.45, 2.75) is 25.7 Å². The summed E-state index contributed by atoms with van der Waals surface area (Å²) in [5.74, 6) is -1.11. The Bertz CT molecular complexity index is 1190. The van der Waals surface area contributed by atoms with Gasteiger partial charge in [-0.1, -0.05) is 26.8 Å². The lowest BCUT2D eigenvalue weighted by Crippen LogP contribution is -2.50. The standard InChI is InChI=1S/C22H29N5O5S/c1-22(2,3)21(30)24-16-7-5-6-15(12-16)20(29)26-8-10-27(11-9-26)33(31,32)17-13-18(19(23)28)25(4)14-17/h5-7,12-14H,8-11H2,1-4H3,(H2,23,28)(H,24,30). The first-order chi connectivity index (χ1) is 15.3. The summed E-state index contributed by atoms with van der Waals surface area (Å²) in [7, 11) is -2.28. The highest BCUT2D eigenvalue weighted by molar-refractivity contribution is 7.89. The maximum Gasteiger partial charge on any atom is 0.265 e. The van der Waals surface area contributed by atoms with Crippen LogP contribution in [0.2, 0.25) is 0 Å². The van der Waals surface area contributed by atoms with Gasteiger partial charge in [-0.05, 0) is 24.3 Å². The largest absolute Gasteiger partial charge is 0.364 e. The number of carbonyl (C=O) groups excluding carboxylic acids is 3.